The van der Waals surface area contributed by atoms with Gasteiger partial charge in [0, 0.05) is 42.8 Å². The number of rotatable bonds is 5. The van der Waals surface area contributed by atoms with E-state index >= 15 is 0 Å². The second kappa shape index (κ2) is 6.19. The van der Waals surface area contributed by atoms with Gasteiger partial charge in [-0.05, 0) is 19.4 Å². The molecule has 0 aliphatic heterocycles. The average molecular weight is 318 g/mol. The zero-order valence-electron chi connectivity index (χ0n) is 12.2. The number of halogens is 1. The number of hydrogen-bond donors (Lipinski definition) is 1. The van der Waals surface area contributed by atoms with Gasteiger partial charge in [-0.15, -0.1) is 0 Å². The van der Waals surface area contributed by atoms with E-state index in [1.54, 1.807) is 35.3 Å². The Hall–Kier alpha value is -2.34. The molecular formula is C15H16ClN5O. The molecule has 0 spiro atoms. The normalized spacial score (nSPS) is 11.0. The molecule has 6 nitrogen and oxygen atoms in total. The maximum absolute atomic E-state index is 12.4. The van der Waals surface area contributed by atoms with Crippen molar-refractivity contribution in [1.82, 2.24) is 24.3 Å². The SMILES string of the molecule is Cc1nc2cc(Cl)ccn2c1C(=O)NCCCn1ccnc1. The molecule has 114 valence electrons. The van der Waals surface area contributed by atoms with E-state index in [4.69, 9.17) is 11.6 Å². The number of hydrogen-bond acceptors (Lipinski definition) is 3. The molecule has 0 radical (unpaired) electrons. The molecule has 0 aromatic carbocycles. The summed E-state index contributed by atoms with van der Waals surface area (Å²) in [6.07, 6.45) is 8.01. The summed E-state index contributed by atoms with van der Waals surface area (Å²) in [7, 11) is 0. The maximum Gasteiger partial charge on any atom is 0.270 e. The van der Waals surface area contributed by atoms with Crippen molar-refractivity contribution in [3.05, 3.63) is 53.5 Å². The van der Waals surface area contributed by atoms with Crippen molar-refractivity contribution in [3.63, 3.8) is 0 Å². The highest BCUT2D eigenvalue weighted by Gasteiger charge is 2.16. The highest BCUT2D eigenvalue weighted by molar-refractivity contribution is 6.30. The van der Waals surface area contributed by atoms with E-state index in [9.17, 15) is 4.79 Å². The Morgan fingerprint density at radius 1 is 1.41 bits per heavy atom. The maximum atomic E-state index is 12.4. The van der Waals surface area contributed by atoms with Gasteiger partial charge >= 0.3 is 0 Å². The highest BCUT2D eigenvalue weighted by atomic mass is 35.5. The second-order valence-corrected chi connectivity index (χ2v) is 5.47. The minimum absolute atomic E-state index is 0.127. The first-order valence-corrected chi connectivity index (χ1v) is 7.41. The van der Waals surface area contributed by atoms with Crippen LogP contribution in [0.4, 0.5) is 0 Å². The van der Waals surface area contributed by atoms with E-state index in [0.29, 0.717) is 28.6 Å². The third kappa shape index (κ3) is 2.96. The van der Waals surface area contributed by atoms with Crippen LogP contribution in [0.2, 0.25) is 5.02 Å². The van der Waals surface area contributed by atoms with Crippen molar-refractivity contribution in [2.75, 3.05) is 6.54 Å². The number of carbonyl (C=O) groups is 1. The van der Waals surface area contributed by atoms with Gasteiger partial charge in [0.2, 0.25) is 0 Å². The monoisotopic (exact) mass is 317 g/mol. The van der Waals surface area contributed by atoms with Crippen LogP contribution in [0.25, 0.3) is 5.65 Å². The Balaban J connectivity index is 1.66. The molecular weight excluding hydrogens is 302 g/mol. The first-order valence-electron chi connectivity index (χ1n) is 7.03. The molecule has 7 heteroatoms. The number of aryl methyl sites for hydroxylation is 2. The fourth-order valence-corrected chi connectivity index (χ4v) is 2.53. The van der Waals surface area contributed by atoms with Crippen LogP contribution in [0.1, 0.15) is 22.6 Å². The predicted molar refractivity (Wildman–Crippen MR) is 84.1 cm³/mol. The van der Waals surface area contributed by atoms with Crippen LogP contribution in [0.3, 0.4) is 0 Å². The Morgan fingerprint density at radius 3 is 3.05 bits per heavy atom. The number of pyridine rings is 1. The average Bonchev–Trinajstić information content (AvgIpc) is 3.09. The van der Waals surface area contributed by atoms with Crippen LogP contribution >= 0.6 is 11.6 Å². The summed E-state index contributed by atoms with van der Waals surface area (Å²) in [5.41, 5.74) is 1.91. The van der Waals surface area contributed by atoms with Crippen molar-refractivity contribution in [2.45, 2.75) is 19.9 Å². The predicted octanol–water partition coefficient (Wildman–Crippen LogP) is 2.31. The Labute approximate surface area is 132 Å². The molecule has 0 saturated heterocycles. The van der Waals surface area contributed by atoms with Crippen molar-refractivity contribution >= 4 is 23.2 Å². The van der Waals surface area contributed by atoms with Crippen LogP contribution in [0.15, 0.2) is 37.1 Å². The summed E-state index contributed by atoms with van der Waals surface area (Å²) >= 11 is 5.95. The standard InChI is InChI=1S/C15H16ClN5O/c1-11-14(21-7-3-12(16)9-13(21)19-11)15(22)18-4-2-6-20-8-5-17-10-20/h3,5,7-10H,2,4,6H2,1H3,(H,18,22). The van der Waals surface area contributed by atoms with Gasteiger partial charge in [-0.3, -0.25) is 9.20 Å². The lowest BCUT2D eigenvalue weighted by molar-refractivity contribution is 0.0946. The van der Waals surface area contributed by atoms with Gasteiger partial charge in [-0.2, -0.15) is 0 Å². The molecule has 0 atom stereocenters. The largest absolute Gasteiger partial charge is 0.351 e. The molecule has 3 heterocycles. The zero-order chi connectivity index (χ0) is 15.5. The number of amides is 1. The van der Waals surface area contributed by atoms with Gasteiger partial charge in [0.15, 0.2) is 0 Å². The van der Waals surface area contributed by atoms with Crippen LogP contribution in [0.5, 0.6) is 0 Å². The molecule has 3 aromatic heterocycles. The summed E-state index contributed by atoms with van der Waals surface area (Å²) in [5, 5.41) is 3.53. The Kier molecular flexibility index (Phi) is 4.11. The minimum atomic E-state index is -0.127. The third-order valence-electron chi connectivity index (χ3n) is 3.42. The van der Waals surface area contributed by atoms with Crippen molar-refractivity contribution in [2.24, 2.45) is 0 Å². The summed E-state index contributed by atoms with van der Waals surface area (Å²) in [5.74, 6) is -0.127. The molecule has 0 unspecified atom stereocenters. The third-order valence-corrected chi connectivity index (χ3v) is 3.65. The summed E-state index contributed by atoms with van der Waals surface area (Å²) < 4.78 is 3.74. The molecule has 0 saturated carbocycles. The van der Waals surface area contributed by atoms with Crippen molar-refractivity contribution < 1.29 is 4.79 Å². The zero-order valence-corrected chi connectivity index (χ0v) is 12.9. The highest BCUT2D eigenvalue weighted by Crippen LogP contribution is 2.16. The number of nitrogens with one attached hydrogen (secondary N) is 1. The summed E-state index contributed by atoms with van der Waals surface area (Å²) in [4.78, 5) is 20.7. The fraction of sp³-hybridized carbons (Fsp3) is 0.267. The molecule has 3 rings (SSSR count). The van der Waals surface area contributed by atoms with E-state index in [-0.39, 0.29) is 5.91 Å². The van der Waals surface area contributed by atoms with Crippen LogP contribution in [-0.4, -0.2) is 31.4 Å². The first-order chi connectivity index (χ1) is 10.6. The first kappa shape index (κ1) is 14.6. The topological polar surface area (TPSA) is 64.2 Å². The summed E-state index contributed by atoms with van der Waals surface area (Å²) in [6, 6.07) is 3.48. The number of nitrogens with zero attached hydrogens (tertiary/aromatic N) is 4. The molecule has 1 amide bonds. The second-order valence-electron chi connectivity index (χ2n) is 5.03. The molecule has 0 aliphatic rings. The Bertz CT molecular complexity index is 794. The van der Waals surface area contributed by atoms with Gasteiger partial charge in [0.25, 0.3) is 5.91 Å². The van der Waals surface area contributed by atoms with Crippen molar-refractivity contribution in [3.8, 4) is 0 Å². The van der Waals surface area contributed by atoms with E-state index in [1.807, 2.05) is 17.7 Å². The lowest BCUT2D eigenvalue weighted by Crippen LogP contribution is -2.27. The quantitative estimate of drug-likeness (QED) is 0.734. The van der Waals surface area contributed by atoms with Gasteiger partial charge < -0.3 is 9.88 Å². The van der Waals surface area contributed by atoms with Crippen molar-refractivity contribution in [1.29, 1.82) is 0 Å². The van der Waals surface area contributed by atoms with Gasteiger partial charge in [0.05, 0.1) is 12.0 Å². The number of aromatic nitrogens is 4. The van der Waals surface area contributed by atoms with Gasteiger partial charge in [-0.1, -0.05) is 11.6 Å². The molecule has 22 heavy (non-hydrogen) atoms. The Morgan fingerprint density at radius 2 is 2.27 bits per heavy atom. The van der Waals surface area contributed by atoms with E-state index in [0.717, 1.165) is 13.0 Å². The number of imidazole rings is 2. The van der Waals surface area contributed by atoms with Crippen LogP contribution in [-0.2, 0) is 6.54 Å². The fourth-order valence-electron chi connectivity index (χ4n) is 2.38. The van der Waals surface area contributed by atoms with Crippen LogP contribution in [0, 0.1) is 6.92 Å². The molecule has 0 bridgehead atoms. The molecule has 3 aromatic rings. The molecule has 1 N–H and O–H groups in total. The van der Waals surface area contributed by atoms with E-state index < -0.39 is 0 Å². The lowest BCUT2D eigenvalue weighted by atomic mass is 10.3. The number of fused-ring (bicyclic) bond motifs is 1. The summed E-state index contributed by atoms with van der Waals surface area (Å²) in [6.45, 7) is 3.24. The molecule has 0 aliphatic carbocycles. The smallest absolute Gasteiger partial charge is 0.270 e. The molecule has 0 fully saturated rings. The van der Waals surface area contributed by atoms with Gasteiger partial charge in [-0.25, -0.2) is 9.97 Å². The lowest BCUT2D eigenvalue weighted by Gasteiger charge is -2.06. The number of carbonyl (C=O) groups excluding carboxylic acids is 1. The van der Waals surface area contributed by atoms with Crippen LogP contribution < -0.4 is 5.32 Å². The van der Waals surface area contributed by atoms with E-state index in [2.05, 4.69) is 15.3 Å². The minimum Gasteiger partial charge on any atom is -0.351 e. The van der Waals surface area contributed by atoms with E-state index in [1.165, 1.54) is 0 Å². The van der Waals surface area contributed by atoms with Gasteiger partial charge in [0.1, 0.15) is 11.3 Å².